The predicted molar refractivity (Wildman–Crippen MR) is 59.9 cm³/mol. The molecule has 2 aliphatic heterocycles. The van der Waals surface area contributed by atoms with E-state index in [2.05, 4.69) is 24.4 Å². The second-order valence-corrected chi connectivity index (χ2v) is 4.62. The van der Waals surface area contributed by atoms with Gasteiger partial charge in [0, 0.05) is 6.54 Å². The van der Waals surface area contributed by atoms with Crippen LogP contribution in [0, 0.1) is 0 Å². The molecule has 2 aliphatic rings. The van der Waals surface area contributed by atoms with E-state index in [1.165, 1.54) is 11.1 Å². The number of ether oxygens (including phenoxy) is 1. The first-order valence-electron chi connectivity index (χ1n) is 5.75. The molecular weight excluding hydrogens is 202 g/mol. The Morgan fingerprint density at radius 1 is 1.44 bits per heavy atom. The second kappa shape index (κ2) is 3.32. The number of fused-ring (bicyclic) bond motifs is 2. The molecule has 16 heavy (non-hydrogen) atoms. The maximum Gasteiger partial charge on any atom is 0.223 e. The van der Waals surface area contributed by atoms with Gasteiger partial charge in [0.15, 0.2) is 0 Å². The van der Waals surface area contributed by atoms with Crippen LogP contribution in [0.15, 0.2) is 24.3 Å². The zero-order chi connectivity index (χ0) is 11.2. The number of rotatable bonds is 0. The van der Waals surface area contributed by atoms with E-state index in [1.54, 1.807) is 0 Å². The highest BCUT2D eigenvalue weighted by molar-refractivity contribution is 5.78. The van der Waals surface area contributed by atoms with E-state index in [0.29, 0.717) is 13.0 Å². The van der Waals surface area contributed by atoms with Gasteiger partial charge < -0.3 is 10.1 Å². The molecule has 84 valence electrons. The third kappa shape index (κ3) is 1.28. The van der Waals surface area contributed by atoms with Gasteiger partial charge in [0.05, 0.1) is 12.5 Å². The van der Waals surface area contributed by atoms with Crippen LogP contribution < -0.4 is 5.32 Å². The Bertz CT molecular complexity index is 443. The Balaban J connectivity index is 2.07. The molecule has 0 aromatic heterocycles. The summed E-state index contributed by atoms with van der Waals surface area (Å²) in [5.74, 6) is 0.0927. The van der Waals surface area contributed by atoms with Crippen molar-refractivity contribution in [2.24, 2.45) is 0 Å². The molecule has 0 aliphatic carbocycles. The number of piperidine rings is 1. The van der Waals surface area contributed by atoms with Gasteiger partial charge in [-0.3, -0.25) is 4.79 Å². The molecule has 2 atom stereocenters. The fraction of sp³-hybridized carbons (Fsp3) is 0.462. The van der Waals surface area contributed by atoms with Crippen LogP contribution in [0.25, 0.3) is 0 Å². The summed E-state index contributed by atoms with van der Waals surface area (Å²) < 4.78 is 6.07. The van der Waals surface area contributed by atoms with Crippen molar-refractivity contribution in [1.29, 1.82) is 0 Å². The quantitative estimate of drug-likeness (QED) is 0.720. The summed E-state index contributed by atoms with van der Waals surface area (Å²) in [6, 6.07) is 8.24. The van der Waals surface area contributed by atoms with E-state index < -0.39 is 0 Å². The van der Waals surface area contributed by atoms with E-state index in [-0.39, 0.29) is 17.6 Å². The standard InChI is InChI=1S/C13H15NO2/c1-9-10-4-2-3-5-11(10)13(16-9)6-7-14-12(15)8-13/h2-5,9H,6-8H2,1H3,(H,14,15)/t9-,13+/m0/s1. The number of hydrogen-bond donors (Lipinski definition) is 1. The van der Waals surface area contributed by atoms with Crippen molar-refractivity contribution >= 4 is 5.91 Å². The molecular formula is C13H15NO2. The van der Waals surface area contributed by atoms with Crippen LogP contribution in [0.1, 0.15) is 37.0 Å². The summed E-state index contributed by atoms with van der Waals surface area (Å²) in [4.78, 5) is 11.5. The fourth-order valence-electron chi connectivity index (χ4n) is 2.88. The minimum Gasteiger partial charge on any atom is -0.362 e. The molecule has 3 rings (SSSR count). The van der Waals surface area contributed by atoms with Gasteiger partial charge in [-0.15, -0.1) is 0 Å². The van der Waals surface area contributed by atoms with E-state index in [1.807, 2.05) is 12.1 Å². The highest BCUT2D eigenvalue weighted by Gasteiger charge is 2.46. The van der Waals surface area contributed by atoms with Crippen LogP contribution in [0.2, 0.25) is 0 Å². The summed E-state index contributed by atoms with van der Waals surface area (Å²) in [6.45, 7) is 2.76. The molecule has 0 saturated carbocycles. The van der Waals surface area contributed by atoms with Crippen molar-refractivity contribution in [3.8, 4) is 0 Å². The monoisotopic (exact) mass is 217 g/mol. The van der Waals surface area contributed by atoms with Crippen LogP contribution in [0.4, 0.5) is 0 Å². The number of benzene rings is 1. The van der Waals surface area contributed by atoms with Crippen molar-refractivity contribution in [3.05, 3.63) is 35.4 Å². The van der Waals surface area contributed by atoms with Crippen molar-refractivity contribution in [2.75, 3.05) is 6.54 Å². The van der Waals surface area contributed by atoms with Crippen LogP contribution in [0.3, 0.4) is 0 Å². The van der Waals surface area contributed by atoms with Crippen LogP contribution in [-0.4, -0.2) is 12.5 Å². The Hall–Kier alpha value is -1.35. The minimum atomic E-state index is -0.363. The summed E-state index contributed by atoms with van der Waals surface area (Å²) >= 11 is 0. The second-order valence-electron chi connectivity index (χ2n) is 4.62. The van der Waals surface area contributed by atoms with E-state index in [0.717, 1.165) is 6.42 Å². The minimum absolute atomic E-state index is 0.0927. The first-order chi connectivity index (χ1) is 7.71. The van der Waals surface area contributed by atoms with Gasteiger partial charge in [0.2, 0.25) is 5.91 Å². The Kier molecular flexibility index (Phi) is 2.04. The largest absolute Gasteiger partial charge is 0.362 e. The first-order valence-corrected chi connectivity index (χ1v) is 5.75. The normalized spacial score (nSPS) is 32.6. The van der Waals surface area contributed by atoms with Gasteiger partial charge in [-0.05, 0) is 24.5 Å². The number of carbonyl (C=O) groups excluding carboxylic acids is 1. The molecule has 1 saturated heterocycles. The molecule has 2 heterocycles. The molecule has 3 nitrogen and oxygen atoms in total. The van der Waals surface area contributed by atoms with Crippen molar-refractivity contribution in [1.82, 2.24) is 5.32 Å². The lowest BCUT2D eigenvalue weighted by Crippen LogP contribution is -2.43. The van der Waals surface area contributed by atoms with Crippen LogP contribution >= 0.6 is 0 Å². The number of amides is 1. The van der Waals surface area contributed by atoms with Crippen LogP contribution in [-0.2, 0) is 15.1 Å². The van der Waals surface area contributed by atoms with Gasteiger partial charge in [0.25, 0.3) is 0 Å². The third-order valence-corrected chi connectivity index (χ3v) is 3.59. The average Bonchev–Trinajstić information content (AvgIpc) is 2.53. The lowest BCUT2D eigenvalue weighted by atomic mass is 9.84. The number of nitrogens with one attached hydrogen (secondary N) is 1. The van der Waals surface area contributed by atoms with E-state index in [9.17, 15) is 4.79 Å². The van der Waals surface area contributed by atoms with Crippen LogP contribution in [0.5, 0.6) is 0 Å². The highest BCUT2D eigenvalue weighted by Crippen LogP contribution is 2.48. The Morgan fingerprint density at radius 3 is 3.06 bits per heavy atom. The predicted octanol–water partition coefficient (Wildman–Crippen LogP) is 1.88. The topological polar surface area (TPSA) is 38.3 Å². The fourth-order valence-corrected chi connectivity index (χ4v) is 2.88. The molecule has 0 radical (unpaired) electrons. The van der Waals surface area contributed by atoms with Gasteiger partial charge in [-0.2, -0.15) is 0 Å². The molecule has 1 fully saturated rings. The van der Waals surface area contributed by atoms with Gasteiger partial charge in [-0.25, -0.2) is 0 Å². The van der Waals surface area contributed by atoms with Gasteiger partial charge >= 0.3 is 0 Å². The van der Waals surface area contributed by atoms with Gasteiger partial charge in [-0.1, -0.05) is 24.3 Å². The Morgan fingerprint density at radius 2 is 2.25 bits per heavy atom. The summed E-state index contributed by atoms with van der Waals surface area (Å²) in [7, 11) is 0. The third-order valence-electron chi connectivity index (χ3n) is 3.59. The van der Waals surface area contributed by atoms with Crippen molar-refractivity contribution < 1.29 is 9.53 Å². The molecule has 3 heteroatoms. The highest BCUT2D eigenvalue weighted by atomic mass is 16.5. The molecule has 0 unspecified atom stereocenters. The molecule has 1 aromatic carbocycles. The zero-order valence-electron chi connectivity index (χ0n) is 9.32. The SMILES string of the molecule is C[C@@H]1O[C@@]2(CCNC(=O)C2)c2ccccc21. The molecule has 1 amide bonds. The lowest BCUT2D eigenvalue weighted by Gasteiger charge is -2.33. The summed E-state index contributed by atoms with van der Waals surface area (Å²) in [6.07, 6.45) is 1.43. The summed E-state index contributed by atoms with van der Waals surface area (Å²) in [5, 5.41) is 2.86. The number of hydrogen-bond acceptors (Lipinski definition) is 2. The maximum atomic E-state index is 11.5. The Labute approximate surface area is 94.8 Å². The maximum absolute atomic E-state index is 11.5. The molecule has 1 aromatic rings. The average molecular weight is 217 g/mol. The molecule has 1 spiro atoms. The first kappa shape index (κ1) is 9.85. The van der Waals surface area contributed by atoms with E-state index in [4.69, 9.17) is 4.74 Å². The molecule has 1 N–H and O–H groups in total. The number of carbonyl (C=O) groups is 1. The van der Waals surface area contributed by atoms with Crippen molar-refractivity contribution in [3.63, 3.8) is 0 Å². The van der Waals surface area contributed by atoms with Crippen molar-refractivity contribution in [2.45, 2.75) is 31.5 Å². The zero-order valence-corrected chi connectivity index (χ0v) is 9.32. The van der Waals surface area contributed by atoms with E-state index >= 15 is 0 Å². The lowest BCUT2D eigenvalue weighted by molar-refractivity contribution is -0.139. The summed E-state index contributed by atoms with van der Waals surface area (Å²) in [5.41, 5.74) is 2.08. The molecule has 0 bridgehead atoms. The van der Waals surface area contributed by atoms with Gasteiger partial charge in [0.1, 0.15) is 5.60 Å². The smallest absolute Gasteiger partial charge is 0.223 e.